The molecule has 1 saturated carbocycles. The Morgan fingerprint density at radius 1 is 1.20 bits per heavy atom. The quantitative estimate of drug-likeness (QED) is 0.662. The number of nitrogens with one attached hydrogen (secondary N) is 2. The van der Waals surface area contributed by atoms with Crippen LogP contribution in [0.15, 0.2) is 36.4 Å². The predicted molar refractivity (Wildman–Crippen MR) is 118 cm³/mol. The minimum Gasteiger partial charge on any atom is -0.491 e. The van der Waals surface area contributed by atoms with Crippen molar-refractivity contribution in [3.05, 3.63) is 58.9 Å². The van der Waals surface area contributed by atoms with Crippen molar-refractivity contribution in [3.63, 3.8) is 0 Å². The maximum absolute atomic E-state index is 14.1. The van der Waals surface area contributed by atoms with Gasteiger partial charge in [-0.1, -0.05) is 13.8 Å². The molecular weight excluding hydrogens is 379 g/mol. The van der Waals surface area contributed by atoms with Gasteiger partial charge in [-0.3, -0.25) is 4.79 Å². The summed E-state index contributed by atoms with van der Waals surface area (Å²) >= 11 is 0. The first-order valence-electron chi connectivity index (χ1n) is 10.9. The topological polar surface area (TPSA) is 50.4 Å². The molecule has 0 bridgehead atoms. The average Bonchev–Trinajstić information content (AvgIpc) is 2.64. The molecular formula is C25H31FN2O2. The lowest BCUT2D eigenvalue weighted by Crippen LogP contribution is -2.39. The van der Waals surface area contributed by atoms with Crippen molar-refractivity contribution in [1.29, 1.82) is 0 Å². The van der Waals surface area contributed by atoms with Crippen LogP contribution < -0.4 is 15.4 Å². The van der Waals surface area contributed by atoms with Crippen molar-refractivity contribution < 1.29 is 13.9 Å². The smallest absolute Gasteiger partial charge is 0.251 e. The van der Waals surface area contributed by atoms with Gasteiger partial charge >= 0.3 is 0 Å². The Kier molecular flexibility index (Phi) is 5.48. The summed E-state index contributed by atoms with van der Waals surface area (Å²) in [5.74, 6) is 0.437. The number of halogens is 1. The van der Waals surface area contributed by atoms with Gasteiger partial charge in [-0.25, -0.2) is 4.39 Å². The molecule has 2 aromatic rings. The number of fused-ring (bicyclic) bond motifs is 1. The van der Waals surface area contributed by atoms with Gasteiger partial charge in [0.05, 0.1) is 12.1 Å². The molecule has 1 amide bonds. The standard InChI is InChI=1S/C25H31FN2O2/c1-15(2)30-23-11-9-17(26)13-19(23)22-14-25(3,4)20-12-16(8-10-21(20)28-22)24(29)27-18-6-5-7-18/h8-13,15,18,22,28H,5-7,14H2,1-4H3,(H,27,29). The van der Waals surface area contributed by atoms with Gasteiger partial charge in [-0.15, -0.1) is 0 Å². The molecule has 1 aliphatic carbocycles. The highest BCUT2D eigenvalue weighted by Gasteiger charge is 2.35. The molecule has 2 aromatic carbocycles. The van der Waals surface area contributed by atoms with E-state index in [0.717, 1.165) is 36.1 Å². The van der Waals surface area contributed by atoms with Crippen molar-refractivity contribution in [2.75, 3.05) is 5.32 Å². The van der Waals surface area contributed by atoms with Gasteiger partial charge in [-0.05, 0) is 86.9 Å². The molecule has 4 rings (SSSR count). The van der Waals surface area contributed by atoms with Gasteiger partial charge in [0.1, 0.15) is 11.6 Å². The predicted octanol–water partition coefficient (Wildman–Crippen LogP) is 5.73. The summed E-state index contributed by atoms with van der Waals surface area (Å²) < 4.78 is 20.0. The van der Waals surface area contributed by atoms with Crippen LogP contribution in [-0.2, 0) is 5.41 Å². The van der Waals surface area contributed by atoms with Gasteiger partial charge in [0.25, 0.3) is 5.91 Å². The second kappa shape index (κ2) is 7.93. The molecule has 0 radical (unpaired) electrons. The van der Waals surface area contributed by atoms with Gasteiger partial charge in [-0.2, -0.15) is 0 Å². The molecule has 1 aliphatic heterocycles. The van der Waals surface area contributed by atoms with E-state index in [1.54, 1.807) is 12.1 Å². The Morgan fingerprint density at radius 3 is 2.63 bits per heavy atom. The van der Waals surface area contributed by atoms with E-state index in [-0.39, 0.29) is 29.3 Å². The number of amides is 1. The van der Waals surface area contributed by atoms with Crippen LogP contribution in [0.5, 0.6) is 5.75 Å². The third-order valence-corrected chi connectivity index (χ3v) is 6.21. The fraction of sp³-hybridized carbons (Fsp3) is 0.480. The van der Waals surface area contributed by atoms with E-state index in [4.69, 9.17) is 4.74 Å². The van der Waals surface area contributed by atoms with Crippen LogP contribution in [-0.4, -0.2) is 18.1 Å². The molecule has 30 heavy (non-hydrogen) atoms. The number of anilines is 1. The Bertz CT molecular complexity index is 950. The highest BCUT2D eigenvalue weighted by molar-refractivity contribution is 5.95. The Balaban J connectivity index is 1.63. The SMILES string of the molecule is CC(C)Oc1ccc(F)cc1C1CC(C)(C)c2cc(C(=O)NC3CCC3)ccc2N1. The maximum atomic E-state index is 14.1. The lowest BCUT2D eigenvalue weighted by Gasteiger charge is -2.39. The van der Waals surface area contributed by atoms with Gasteiger partial charge in [0.2, 0.25) is 0 Å². The Labute approximate surface area is 178 Å². The third-order valence-electron chi connectivity index (χ3n) is 6.21. The summed E-state index contributed by atoms with van der Waals surface area (Å²) in [5.41, 5.74) is 3.44. The van der Waals surface area contributed by atoms with E-state index in [1.165, 1.54) is 12.5 Å². The number of benzene rings is 2. The van der Waals surface area contributed by atoms with E-state index >= 15 is 0 Å². The van der Waals surface area contributed by atoms with E-state index in [2.05, 4.69) is 24.5 Å². The van der Waals surface area contributed by atoms with Crippen LogP contribution in [0.4, 0.5) is 10.1 Å². The van der Waals surface area contributed by atoms with Crippen molar-refractivity contribution >= 4 is 11.6 Å². The number of hydrogen-bond donors (Lipinski definition) is 2. The van der Waals surface area contributed by atoms with E-state index in [1.807, 2.05) is 32.0 Å². The lowest BCUT2D eigenvalue weighted by atomic mass is 9.73. The molecule has 0 saturated heterocycles. The van der Waals surface area contributed by atoms with Crippen LogP contribution >= 0.6 is 0 Å². The summed E-state index contributed by atoms with van der Waals surface area (Å²) in [6.45, 7) is 8.29. The largest absolute Gasteiger partial charge is 0.491 e. The molecule has 2 aliphatic rings. The van der Waals surface area contributed by atoms with Crippen LogP contribution in [0, 0.1) is 5.82 Å². The number of hydrogen-bond acceptors (Lipinski definition) is 3. The Morgan fingerprint density at radius 2 is 1.97 bits per heavy atom. The zero-order valence-corrected chi connectivity index (χ0v) is 18.2. The van der Waals surface area contributed by atoms with Crippen LogP contribution in [0.1, 0.15) is 80.9 Å². The molecule has 1 atom stereocenters. The number of carbonyl (C=O) groups is 1. The summed E-state index contributed by atoms with van der Waals surface area (Å²) in [5, 5.41) is 6.68. The average molecular weight is 411 g/mol. The van der Waals surface area contributed by atoms with Crippen molar-refractivity contribution in [1.82, 2.24) is 5.32 Å². The van der Waals surface area contributed by atoms with Gasteiger partial charge < -0.3 is 15.4 Å². The van der Waals surface area contributed by atoms with Crippen LogP contribution in [0.2, 0.25) is 0 Å². The van der Waals surface area contributed by atoms with Gasteiger partial charge in [0.15, 0.2) is 0 Å². The van der Waals surface area contributed by atoms with E-state index < -0.39 is 0 Å². The Hall–Kier alpha value is -2.56. The minimum absolute atomic E-state index is 0.00169. The highest BCUT2D eigenvalue weighted by Crippen LogP contribution is 2.46. The summed E-state index contributed by atoms with van der Waals surface area (Å²) in [6, 6.07) is 10.8. The lowest BCUT2D eigenvalue weighted by molar-refractivity contribution is 0.0917. The summed E-state index contributed by atoms with van der Waals surface area (Å²) in [7, 11) is 0. The first-order valence-corrected chi connectivity index (χ1v) is 10.9. The fourth-order valence-corrected chi connectivity index (χ4v) is 4.39. The summed E-state index contributed by atoms with van der Waals surface area (Å²) in [6.07, 6.45) is 4.11. The minimum atomic E-state index is -0.269. The van der Waals surface area contributed by atoms with E-state index in [9.17, 15) is 9.18 Å². The van der Waals surface area contributed by atoms with Gasteiger partial charge in [0, 0.05) is 22.9 Å². The van der Waals surface area contributed by atoms with Crippen LogP contribution in [0.3, 0.4) is 0 Å². The van der Waals surface area contributed by atoms with Crippen LogP contribution in [0.25, 0.3) is 0 Å². The molecule has 5 heteroatoms. The molecule has 0 aromatic heterocycles. The van der Waals surface area contributed by atoms with Crippen molar-refractivity contribution in [2.24, 2.45) is 0 Å². The second-order valence-corrected chi connectivity index (χ2v) is 9.50. The van der Waals surface area contributed by atoms with Crippen molar-refractivity contribution in [2.45, 2.75) is 77.0 Å². The monoisotopic (exact) mass is 410 g/mol. The van der Waals surface area contributed by atoms with Crippen molar-refractivity contribution in [3.8, 4) is 5.75 Å². The first-order chi connectivity index (χ1) is 14.2. The fourth-order valence-electron chi connectivity index (χ4n) is 4.39. The zero-order chi connectivity index (χ0) is 21.5. The molecule has 1 fully saturated rings. The number of ether oxygens (including phenoxy) is 1. The molecule has 4 nitrogen and oxygen atoms in total. The first kappa shape index (κ1) is 20.7. The number of rotatable bonds is 5. The second-order valence-electron chi connectivity index (χ2n) is 9.50. The summed E-state index contributed by atoms with van der Waals surface area (Å²) in [4.78, 5) is 12.6. The molecule has 2 N–H and O–H groups in total. The zero-order valence-electron chi connectivity index (χ0n) is 18.2. The molecule has 0 spiro atoms. The normalized spacial score (nSPS) is 20.1. The number of carbonyl (C=O) groups excluding carboxylic acids is 1. The van der Waals surface area contributed by atoms with E-state index in [0.29, 0.717) is 17.4 Å². The molecule has 160 valence electrons. The third kappa shape index (κ3) is 4.16. The molecule has 1 unspecified atom stereocenters. The highest BCUT2D eigenvalue weighted by atomic mass is 19.1. The molecule has 1 heterocycles. The maximum Gasteiger partial charge on any atom is 0.251 e.